The molecule has 0 amide bonds. The second-order valence-electron chi connectivity index (χ2n) is 4.09. The average molecular weight is 326 g/mol. The van der Waals surface area contributed by atoms with Crippen LogP contribution in [0, 0.1) is 6.92 Å². The molecule has 0 aliphatic carbocycles. The number of nitrogens with zero attached hydrogens (tertiary/aromatic N) is 2. The van der Waals surface area contributed by atoms with Crippen LogP contribution in [0.4, 0.5) is 0 Å². The zero-order chi connectivity index (χ0) is 13.7. The van der Waals surface area contributed by atoms with Crippen LogP contribution in [0.3, 0.4) is 0 Å². The molecule has 0 radical (unpaired) electrons. The van der Waals surface area contributed by atoms with Crippen LogP contribution in [0.1, 0.15) is 23.9 Å². The Hall–Kier alpha value is -1.40. The van der Waals surface area contributed by atoms with Crippen LogP contribution in [0.15, 0.2) is 27.3 Å². The van der Waals surface area contributed by atoms with E-state index in [1.165, 1.54) is 0 Å². The van der Waals surface area contributed by atoms with Crippen LogP contribution in [-0.2, 0) is 13.2 Å². The molecule has 0 bridgehead atoms. The second-order valence-corrected chi connectivity index (χ2v) is 4.95. The van der Waals surface area contributed by atoms with Gasteiger partial charge in [-0.15, -0.1) is 0 Å². The lowest BCUT2D eigenvalue weighted by molar-refractivity contribution is 0.267. The Bertz CT molecular complexity index is 542. The SMILES string of the molecule is CCNCc1cccc(Br)c1OCc1nonc1C. The van der Waals surface area contributed by atoms with Crippen molar-refractivity contribution >= 4 is 15.9 Å². The van der Waals surface area contributed by atoms with E-state index in [1.807, 2.05) is 25.1 Å². The Labute approximate surface area is 120 Å². The first-order valence-corrected chi connectivity index (χ1v) is 6.90. The molecule has 0 saturated carbocycles. The summed E-state index contributed by atoms with van der Waals surface area (Å²) in [5.74, 6) is 0.825. The number of aromatic nitrogens is 2. The van der Waals surface area contributed by atoms with E-state index >= 15 is 0 Å². The van der Waals surface area contributed by atoms with Gasteiger partial charge in [-0.25, -0.2) is 4.63 Å². The molecule has 0 unspecified atom stereocenters. The number of halogens is 1. The third-order valence-corrected chi connectivity index (χ3v) is 3.34. The number of nitrogens with one attached hydrogen (secondary N) is 1. The Morgan fingerprint density at radius 1 is 1.37 bits per heavy atom. The fourth-order valence-corrected chi connectivity index (χ4v) is 2.16. The standard InChI is InChI=1S/C13H16BrN3O2/c1-3-15-7-10-5-4-6-11(14)13(10)18-8-12-9(2)16-19-17-12/h4-6,15H,3,7-8H2,1-2H3. The van der Waals surface area contributed by atoms with Crippen LogP contribution in [-0.4, -0.2) is 16.9 Å². The predicted molar refractivity (Wildman–Crippen MR) is 74.9 cm³/mol. The van der Waals surface area contributed by atoms with Gasteiger partial charge >= 0.3 is 0 Å². The summed E-state index contributed by atoms with van der Waals surface area (Å²) in [5, 5.41) is 10.8. The third kappa shape index (κ3) is 3.54. The van der Waals surface area contributed by atoms with Gasteiger partial charge in [0.25, 0.3) is 0 Å². The summed E-state index contributed by atoms with van der Waals surface area (Å²) in [4.78, 5) is 0. The smallest absolute Gasteiger partial charge is 0.145 e. The molecule has 102 valence electrons. The van der Waals surface area contributed by atoms with E-state index in [0.29, 0.717) is 12.3 Å². The van der Waals surface area contributed by atoms with Crippen molar-refractivity contribution in [2.45, 2.75) is 27.0 Å². The highest BCUT2D eigenvalue weighted by Crippen LogP contribution is 2.29. The Morgan fingerprint density at radius 3 is 2.89 bits per heavy atom. The molecule has 1 aromatic carbocycles. The summed E-state index contributed by atoms with van der Waals surface area (Å²) in [6, 6.07) is 5.99. The fraction of sp³-hybridized carbons (Fsp3) is 0.385. The van der Waals surface area contributed by atoms with E-state index in [4.69, 9.17) is 4.74 Å². The first-order valence-electron chi connectivity index (χ1n) is 6.11. The van der Waals surface area contributed by atoms with Gasteiger partial charge in [-0.05, 0) is 35.5 Å². The number of para-hydroxylation sites is 1. The van der Waals surface area contributed by atoms with Crippen molar-refractivity contribution in [3.8, 4) is 5.75 Å². The number of hydrogen-bond acceptors (Lipinski definition) is 5. The van der Waals surface area contributed by atoms with Crippen molar-refractivity contribution in [3.05, 3.63) is 39.6 Å². The lowest BCUT2D eigenvalue weighted by Gasteiger charge is -2.12. The number of ether oxygens (including phenoxy) is 1. The molecular weight excluding hydrogens is 310 g/mol. The van der Waals surface area contributed by atoms with Crippen LogP contribution in [0.2, 0.25) is 0 Å². The summed E-state index contributed by atoms with van der Waals surface area (Å²) in [5.41, 5.74) is 2.57. The molecule has 19 heavy (non-hydrogen) atoms. The first kappa shape index (κ1) is 14.0. The zero-order valence-electron chi connectivity index (χ0n) is 10.9. The predicted octanol–water partition coefficient (Wildman–Crippen LogP) is 2.83. The van der Waals surface area contributed by atoms with E-state index < -0.39 is 0 Å². The van der Waals surface area contributed by atoms with Crippen molar-refractivity contribution in [1.82, 2.24) is 15.6 Å². The van der Waals surface area contributed by atoms with Crippen molar-refractivity contribution in [3.63, 3.8) is 0 Å². The van der Waals surface area contributed by atoms with Gasteiger partial charge in [-0.1, -0.05) is 29.4 Å². The Balaban J connectivity index is 2.12. The highest BCUT2D eigenvalue weighted by atomic mass is 79.9. The molecule has 1 N–H and O–H groups in total. The quantitative estimate of drug-likeness (QED) is 0.884. The summed E-state index contributed by atoms with van der Waals surface area (Å²) in [6.45, 7) is 5.94. The van der Waals surface area contributed by atoms with Crippen molar-refractivity contribution in [2.24, 2.45) is 0 Å². The van der Waals surface area contributed by atoms with E-state index in [9.17, 15) is 0 Å². The molecule has 0 spiro atoms. The van der Waals surface area contributed by atoms with Gasteiger partial charge in [0, 0.05) is 12.1 Å². The largest absolute Gasteiger partial charge is 0.486 e. The van der Waals surface area contributed by atoms with E-state index in [1.54, 1.807) is 0 Å². The number of hydrogen-bond donors (Lipinski definition) is 1. The Morgan fingerprint density at radius 2 is 2.21 bits per heavy atom. The maximum atomic E-state index is 5.84. The molecule has 0 fully saturated rings. The van der Waals surface area contributed by atoms with Crippen molar-refractivity contribution in [1.29, 1.82) is 0 Å². The third-order valence-electron chi connectivity index (χ3n) is 2.71. The molecule has 0 saturated heterocycles. The molecule has 1 heterocycles. The molecule has 2 rings (SSSR count). The molecule has 0 aliphatic rings. The minimum absolute atomic E-state index is 0.344. The monoisotopic (exact) mass is 325 g/mol. The van der Waals surface area contributed by atoms with Crippen molar-refractivity contribution in [2.75, 3.05) is 6.54 Å². The first-order chi connectivity index (χ1) is 9.22. The lowest BCUT2D eigenvalue weighted by Crippen LogP contribution is -2.13. The van der Waals surface area contributed by atoms with Crippen LogP contribution < -0.4 is 10.1 Å². The second kappa shape index (κ2) is 6.68. The molecule has 2 aromatic rings. The van der Waals surface area contributed by atoms with Gasteiger partial charge in [-0.2, -0.15) is 0 Å². The van der Waals surface area contributed by atoms with Gasteiger partial charge in [-0.3, -0.25) is 0 Å². The molecule has 6 heteroatoms. The van der Waals surface area contributed by atoms with Gasteiger partial charge in [0.15, 0.2) is 0 Å². The number of aryl methyl sites for hydroxylation is 1. The molecule has 5 nitrogen and oxygen atoms in total. The van der Waals surface area contributed by atoms with Gasteiger partial charge in [0.05, 0.1) is 4.47 Å². The molecule has 0 atom stereocenters. The van der Waals surface area contributed by atoms with E-state index in [-0.39, 0.29) is 0 Å². The number of rotatable bonds is 6. The highest BCUT2D eigenvalue weighted by Gasteiger charge is 2.11. The zero-order valence-corrected chi connectivity index (χ0v) is 12.5. The number of benzene rings is 1. The van der Waals surface area contributed by atoms with E-state index in [2.05, 4.69) is 43.1 Å². The summed E-state index contributed by atoms with van der Waals surface area (Å²) >= 11 is 3.51. The molecule has 0 aliphatic heterocycles. The van der Waals surface area contributed by atoms with Crippen LogP contribution in [0.5, 0.6) is 5.75 Å². The molecule has 1 aromatic heterocycles. The fourth-order valence-electron chi connectivity index (χ4n) is 1.64. The average Bonchev–Trinajstić information content (AvgIpc) is 2.81. The maximum Gasteiger partial charge on any atom is 0.145 e. The minimum atomic E-state index is 0.344. The van der Waals surface area contributed by atoms with Gasteiger partial charge < -0.3 is 10.1 Å². The lowest BCUT2D eigenvalue weighted by atomic mass is 10.2. The summed E-state index contributed by atoms with van der Waals surface area (Å²) in [7, 11) is 0. The summed E-state index contributed by atoms with van der Waals surface area (Å²) < 4.78 is 11.4. The minimum Gasteiger partial charge on any atom is -0.486 e. The summed E-state index contributed by atoms with van der Waals surface area (Å²) in [6.07, 6.45) is 0. The van der Waals surface area contributed by atoms with Crippen molar-refractivity contribution < 1.29 is 9.37 Å². The van der Waals surface area contributed by atoms with Crippen LogP contribution in [0.25, 0.3) is 0 Å². The maximum absolute atomic E-state index is 5.84. The Kier molecular flexibility index (Phi) is 4.93. The van der Waals surface area contributed by atoms with Gasteiger partial charge in [0.2, 0.25) is 0 Å². The van der Waals surface area contributed by atoms with E-state index in [0.717, 1.165) is 34.6 Å². The highest BCUT2D eigenvalue weighted by molar-refractivity contribution is 9.10. The topological polar surface area (TPSA) is 60.2 Å². The molecular formula is C13H16BrN3O2. The van der Waals surface area contributed by atoms with Gasteiger partial charge in [0.1, 0.15) is 23.7 Å². The normalized spacial score (nSPS) is 10.7. The van der Waals surface area contributed by atoms with Crippen LogP contribution >= 0.6 is 15.9 Å².